The van der Waals surface area contributed by atoms with Gasteiger partial charge in [0, 0.05) is 5.56 Å². The van der Waals surface area contributed by atoms with Crippen molar-refractivity contribution in [2.75, 3.05) is 5.32 Å². The Balaban J connectivity index is 2.18. The first-order chi connectivity index (χ1) is 9.97. The minimum atomic E-state index is -0.216. The number of amides is 1. The molecule has 0 saturated heterocycles. The molecule has 1 amide bonds. The van der Waals surface area contributed by atoms with Crippen molar-refractivity contribution < 1.29 is 9.53 Å². The minimum Gasteiger partial charge on any atom is -0.491 e. The lowest BCUT2D eigenvalue weighted by Gasteiger charge is -2.12. The van der Waals surface area contributed by atoms with Crippen molar-refractivity contribution in [1.29, 1.82) is 0 Å². The van der Waals surface area contributed by atoms with Gasteiger partial charge in [-0.05, 0) is 60.1 Å². The van der Waals surface area contributed by atoms with E-state index < -0.39 is 0 Å². The van der Waals surface area contributed by atoms with Gasteiger partial charge in [0.25, 0.3) is 5.91 Å². The van der Waals surface area contributed by atoms with E-state index in [-0.39, 0.29) is 12.0 Å². The molecule has 0 atom stereocenters. The Morgan fingerprint density at radius 3 is 2.67 bits per heavy atom. The van der Waals surface area contributed by atoms with Crippen LogP contribution in [-0.4, -0.2) is 12.0 Å². The van der Waals surface area contributed by atoms with E-state index in [1.165, 1.54) is 0 Å². The van der Waals surface area contributed by atoms with Crippen LogP contribution in [0.15, 0.2) is 46.9 Å². The van der Waals surface area contributed by atoms with Gasteiger partial charge in [0.2, 0.25) is 0 Å². The molecule has 1 N–H and O–H groups in total. The lowest BCUT2D eigenvalue weighted by Crippen LogP contribution is -2.13. The standard InChI is InChI=1S/C16H15BrClNO2/c1-10(2)21-12-6-3-5-11(9-12)16(20)19-14-8-4-7-13(18)15(14)17/h3-10H,1-2H3,(H,19,20). The van der Waals surface area contributed by atoms with Crippen LogP contribution in [0.1, 0.15) is 24.2 Å². The van der Waals surface area contributed by atoms with Crippen molar-refractivity contribution in [2.45, 2.75) is 20.0 Å². The van der Waals surface area contributed by atoms with Crippen molar-refractivity contribution in [1.82, 2.24) is 0 Å². The summed E-state index contributed by atoms with van der Waals surface area (Å²) in [6, 6.07) is 12.4. The largest absolute Gasteiger partial charge is 0.491 e. The quantitative estimate of drug-likeness (QED) is 0.811. The van der Waals surface area contributed by atoms with Crippen molar-refractivity contribution in [3.05, 3.63) is 57.5 Å². The third kappa shape index (κ3) is 4.22. The number of hydrogen-bond acceptors (Lipinski definition) is 2. The monoisotopic (exact) mass is 367 g/mol. The molecule has 0 aliphatic heterocycles. The van der Waals surface area contributed by atoms with Crippen molar-refractivity contribution in [3.63, 3.8) is 0 Å². The number of anilines is 1. The van der Waals surface area contributed by atoms with Gasteiger partial charge in [-0.3, -0.25) is 4.79 Å². The van der Waals surface area contributed by atoms with Crippen LogP contribution in [0, 0.1) is 0 Å². The molecule has 0 aliphatic rings. The summed E-state index contributed by atoms with van der Waals surface area (Å²) in [6.45, 7) is 3.88. The molecule has 21 heavy (non-hydrogen) atoms. The SMILES string of the molecule is CC(C)Oc1cccc(C(=O)Nc2cccc(Cl)c2Br)c1. The fraction of sp³-hybridized carbons (Fsp3) is 0.188. The summed E-state index contributed by atoms with van der Waals surface area (Å²) in [7, 11) is 0. The van der Waals surface area contributed by atoms with Gasteiger partial charge >= 0.3 is 0 Å². The molecule has 0 radical (unpaired) electrons. The summed E-state index contributed by atoms with van der Waals surface area (Å²) >= 11 is 9.36. The van der Waals surface area contributed by atoms with Gasteiger partial charge < -0.3 is 10.1 Å². The van der Waals surface area contributed by atoms with Gasteiger partial charge in [0.1, 0.15) is 5.75 Å². The van der Waals surface area contributed by atoms with Crippen LogP contribution in [0.3, 0.4) is 0 Å². The molecule has 0 fully saturated rings. The van der Waals surface area contributed by atoms with Crippen molar-refractivity contribution in [2.24, 2.45) is 0 Å². The van der Waals surface area contributed by atoms with E-state index in [0.717, 1.165) is 0 Å². The lowest BCUT2D eigenvalue weighted by molar-refractivity contribution is 0.102. The maximum Gasteiger partial charge on any atom is 0.255 e. The van der Waals surface area contributed by atoms with Gasteiger partial charge in [-0.1, -0.05) is 23.7 Å². The molecule has 0 saturated carbocycles. The van der Waals surface area contributed by atoms with E-state index in [0.29, 0.717) is 26.5 Å². The Kier molecular flexibility index (Phi) is 5.26. The molecule has 0 aromatic heterocycles. The zero-order valence-corrected chi connectivity index (χ0v) is 14.0. The zero-order chi connectivity index (χ0) is 15.4. The summed E-state index contributed by atoms with van der Waals surface area (Å²) in [5.74, 6) is 0.454. The van der Waals surface area contributed by atoms with Gasteiger partial charge in [-0.2, -0.15) is 0 Å². The number of halogens is 2. The van der Waals surface area contributed by atoms with Crippen LogP contribution < -0.4 is 10.1 Å². The van der Waals surface area contributed by atoms with E-state index in [4.69, 9.17) is 16.3 Å². The third-order valence-electron chi connectivity index (χ3n) is 2.67. The molecule has 0 spiro atoms. The second kappa shape index (κ2) is 6.96. The Bertz CT molecular complexity index is 658. The fourth-order valence-corrected chi connectivity index (χ4v) is 2.32. The van der Waals surface area contributed by atoms with E-state index in [1.807, 2.05) is 19.9 Å². The van der Waals surface area contributed by atoms with E-state index in [9.17, 15) is 4.79 Å². The highest BCUT2D eigenvalue weighted by Gasteiger charge is 2.11. The van der Waals surface area contributed by atoms with Gasteiger partial charge in [0.05, 0.1) is 21.3 Å². The first-order valence-electron chi connectivity index (χ1n) is 6.49. The topological polar surface area (TPSA) is 38.3 Å². The van der Waals surface area contributed by atoms with Crippen LogP contribution in [0.25, 0.3) is 0 Å². The summed E-state index contributed by atoms with van der Waals surface area (Å²) in [4.78, 5) is 12.3. The van der Waals surface area contributed by atoms with Gasteiger partial charge in [0.15, 0.2) is 0 Å². The molecule has 0 heterocycles. The average Bonchev–Trinajstić information content (AvgIpc) is 2.43. The maximum atomic E-state index is 12.3. The molecule has 3 nitrogen and oxygen atoms in total. The molecular formula is C16H15BrClNO2. The normalized spacial score (nSPS) is 10.5. The predicted octanol–water partition coefficient (Wildman–Crippen LogP) is 5.14. The number of ether oxygens (including phenoxy) is 1. The third-order valence-corrected chi connectivity index (χ3v) is 4.07. The first-order valence-corrected chi connectivity index (χ1v) is 7.66. The molecule has 0 unspecified atom stereocenters. The number of rotatable bonds is 4. The summed E-state index contributed by atoms with van der Waals surface area (Å²) < 4.78 is 6.25. The van der Waals surface area contributed by atoms with E-state index in [2.05, 4.69) is 21.2 Å². The molecule has 2 aromatic carbocycles. The molecule has 110 valence electrons. The van der Waals surface area contributed by atoms with Crippen molar-refractivity contribution in [3.8, 4) is 5.75 Å². The van der Waals surface area contributed by atoms with Crippen LogP contribution in [0.5, 0.6) is 5.75 Å². The first kappa shape index (κ1) is 15.9. The smallest absolute Gasteiger partial charge is 0.255 e. The van der Waals surface area contributed by atoms with Crippen LogP contribution >= 0.6 is 27.5 Å². The molecule has 2 aromatic rings. The van der Waals surface area contributed by atoms with Gasteiger partial charge in [-0.15, -0.1) is 0 Å². The predicted molar refractivity (Wildman–Crippen MR) is 89.3 cm³/mol. The summed E-state index contributed by atoms with van der Waals surface area (Å²) in [6.07, 6.45) is 0.0605. The summed E-state index contributed by atoms with van der Waals surface area (Å²) in [5, 5.41) is 3.37. The fourth-order valence-electron chi connectivity index (χ4n) is 1.78. The highest BCUT2D eigenvalue weighted by molar-refractivity contribution is 9.10. The van der Waals surface area contributed by atoms with E-state index in [1.54, 1.807) is 36.4 Å². The molecule has 0 aliphatic carbocycles. The van der Waals surface area contributed by atoms with Crippen molar-refractivity contribution >= 4 is 39.1 Å². The number of carbonyl (C=O) groups is 1. The second-order valence-electron chi connectivity index (χ2n) is 4.75. The Hall–Kier alpha value is -1.52. The summed E-state index contributed by atoms with van der Waals surface area (Å²) in [5.41, 5.74) is 1.16. The molecule has 0 bridgehead atoms. The number of benzene rings is 2. The maximum absolute atomic E-state index is 12.3. The molecule has 5 heteroatoms. The molecular weight excluding hydrogens is 354 g/mol. The van der Waals surface area contributed by atoms with E-state index >= 15 is 0 Å². The van der Waals surface area contributed by atoms with Crippen LogP contribution in [0.4, 0.5) is 5.69 Å². The minimum absolute atomic E-state index is 0.0605. The molecule has 2 rings (SSSR count). The lowest BCUT2D eigenvalue weighted by atomic mass is 10.2. The number of nitrogens with one attached hydrogen (secondary N) is 1. The Morgan fingerprint density at radius 2 is 1.95 bits per heavy atom. The second-order valence-corrected chi connectivity index (χ2v) is 5.95. The van der Waals surface area contributed by atoms with Crippen LogP contribution in [-0.2, 0) is 0 Å². The highest BCUT2D eigenvalue weighted by atomic mass is 79.9. The van der Waals surface area contributed by atoms with Crippen LogP contribution in [0.2, 0.25) is 5.02 Å². The Labute approximate surface area is 137 Å². The van der Waals surface area contributed by atoms with Gasteiger partial charge in [-0.25, -0.2) is 0 Å². The highest BCUT2D eigenvalue weighted by Crippen LogP contribution is 2.30. The number of hydrogen-bond donors (Lipinski definition) is 1. The number of carbonyl (C=O) groups excluding carboxylic acids is 1. The zero-order valence-electron chi connectivity index (χ0n) is 11.7. The average molecular weight is 369 g/mol. The Morgan fingerprint density at radius 1 is 1.24 bits per heavy atom.